The van der Waals surface area contributed by atoms with Crippen LogP contribution in [0, 0.1) is 6.42 Å². The monoisotopic (exact) mass is 153 g/mol. The summed E-state index contributed by atoms with van der Waals surface area (Å²) in [5, 5.41) is 0. The van der Waals surface area contributed by atoms with Crippen molar-refractivity contribution in [2.75, 3.05) is 0 Å². The van der Waals surface area contributed by atoms with Crippen LogP contribution in [0.4, 0.5) is 0 Å². The van der Waals surface area contributed by atoms with E-state index in [4.69, 9.17) is 0 Å². The summed E-state index contributed by atoms with van der Waals surface area (Å²) in [6.45, 7) is 4.31. The Hall–Kier alpha value is 0.583. The first-order chi connectivity index (χ1) is 2.41. The van der Waals surface area contributed by atoms with Gasteiger partial charge in [0, 0.05) is 19.5 Å². The van der Waals surface area contributed by atoms with Gasteiger partial charge in [0.25, 0.3) is 0 Å². The molecule has 42 valence electrons. The molecule has 2 N–H and O–H groups in total. The number of rotatable bonds is 2. The molecule has 1 nitrogen and oxygen atoms in total. The van der Waals surface area contributed by atoms with E-state index >= 15 is 0 Å². The Kier molecular flexibility index (Phi) is 35.7. The van der Waals surface area contributed by atoms with Crippen molar-refractivity contribution >= 4 is 0 Å². The van der Waals surface area contributed by atoms with E-state index in [-0.39, 0.29) is 25.0 Å². The molecule has 0 aliphatic rings. The molecule has 0 atom stereocenters. The fourth-order valence-corrected chi connectivity index (χ4v) is 0.289. The van der Waals surface area contributed by atoms with E-state index in [1.54, 1.807) is 0 Å². The molecule has 2 heteroatoms. The van der Waals surface area contributed by atoms with Gasteiger partial charge in [-0.1, -0.05) is 13.8 Å². The van der Waals surface area contributed by atoms with Crippen molar-refractivity contribution in [1.82, 2.24) is 0 Å². The number of hydrogen-bond acceptors (Lipinski definition) is 0. The smallest absolute Gasteiger partial charge is 0 e. The average Bonchev–Trinajstić information content (AvgIpc) is 1.41. The van der Waals surface area contributed by atoms with Gasteiger partial charge in [0.15, 0.2) is 0 Å². The van der Waals surface area contributed by atoms with Crippen molar-refractivity contribution in [2.24, 2.45) is 0 Å². The first-order valence-corrected chi connectivity index (χ1v) is 2.23. The van der Waals surface area contributed by atoms with Crippen molar-refractivity contribution in [3.63, 3.8) is 0 Å². The van der Waals surface area contributed by atoms with E-state index in [2.05, 4.69) is 20.3 Å². The van der Waals surface area contributed by atoms with Crippen LogP contribution < -0.4 is 0 Å². The number of hydrogen-bond donors (Lipinski definition) is 0. The van der Waals surface area contributed by atoms with Crippen molar-refractivity contribution in [1.29, 1.82) is 0 Å². The quantitative estimate of drug-likeness (QED) is 0.423. The van der Waals surface area contributed by atoms with Crippen molar-refractivity contribution in [3.8, 4) is 0 Å². The Morgan fingerprint density at radius 1 is 1.14 bits per heavy atom. The molecule has 0 aromatic heterocycles. The average molecular weight is 155 g/mol. The molecule has 0 rings (SSSR count). The Morgan fingerprint density at radius 3 is 1.43 bits per heavy atom. The van der Waals surface area contributed by atoms with Crippen LogP contribution in [0.2, 0.25) is 0 Å². The van der Waals surface area contributed by atoms with Crippen LogP contribution in [-0.4, -0.2) is 5.48 Å². The van der Waals surface area contributed by atoms with Gasteiger partial charge in [-0.05, 0) is 0 Å². The third-order valence-corrected chi connectivity index (χ3v) is 0.577. The first kappa shape index (κ1) is 15.6. The van der Waals surface area contributed by atoms with Crippen LogP contribution in [0.3, 0.4) is 0 Å². The molecule has 0 heterocycles. The fraction of sp³-hybridized carbons (Fsp3) is 0.800. The van der Waals surface area contributed by atoms with E-state index in [0.29, 0.717) is 0 Å². The molecule has 0 radical (unpaired) electrons. The predicted octanol–water partition coefficient (Wildman–Crippen LogP) is 1.18. The Balaban J connectivity index is -0.0000000800. The van der Waals surface area contributed by atoms with Crippen LogP contribution in [0.25, 0.3) is 0 Å². The molecule has 0 saturated carbocycles. The Morgan fingerprint density at radius 2 is 1.43 bits per heavy atom. The maximum absolute atomic E-state index is 2.25. The maximum atomic E-state index is 2.25. The van der Waals surface area contributed by atoms with Gasteiger partial charge >= 0.3 is 0 Å². The normalized spacial score (nSPS) is 6.00. The first-order valence-electron chi connectivity index (χ1n) is 2.23. The number of unbranched alkanes of at least 4 members (excludes halogenated alkanes) is 2. The predicted molar refractivity (Wildman–Crippen MR) is 28.5 cm³/mol. The zero-order valence-electron chi connectivity index (χ0n) is 5.20. The summed E-state index contributed by atoms with van der Waals surface area (Å²) in [7, 11) is 0. The maximum Gasteiger partial charge on any atom is 0 e. The molecular weight excluding hydrogens is 141 g/mol. The minimum atomic E-state index is 0. The minimum Gasteiger partial charge on any atom is -0.412 e. The third kappa shape index (κ3) is 20.7. The Bertz CT molecular complexity index is 15.6. The molecule has 0 amide bonds. The van der Waals surface area contributed by atoms with E-state index in [0.717, 1.165) is 0 Å². The summed E-state index contributed by atoms with van der Waals surface area (Å²) in [6, 6.07) is 0. The zero-order valence-corrected chi connectivity index (χ0v) is 8.17. The molecule has 0 bridgehead atoms. The summed E-state index contributed by atoms with van der Waals surface area (Å²) in [5.74, 6) is 0. The SMILES string of the molecule is CC[CH-]CC.O.[Zn]. The topological polar surface area (TPSA) is 31.5 Å². The molecule has 0 unspecified atom stereocenters. The molecule has 7 heavy (non-hydrogen) atoms. The van der Waals surface area contributed by atoms with Crippen LogP contribution in [0.1, 0.15) is 26.7 Å². The largest absolute Gasteiger partial charge is 0.412 e. The van der Waals surface area contributed by atoms with Gasteiger partial charge in [0.05, 0.1) is 0 Å². The van der Waals surface area contributed by atoms with Crippen molar-refractivity contribution in [2.45, 2.75) is 26.7 Å². The van der Waals surface area contributed by atoms with Gasteiger partial charge in [0.2, 0.25) is 0 Å². The molecule has 0 aromatic rings. The van der Waals surface area contributed by atoms with Crippen molar-refractivity contribution in [3.05, 3.63) is 6.42 Å². The fourth-order valence-electron chi connectivity index (χ4n) is 0.289. The van der Waals surface area contributed by atoms with Gasteiger partial charge < -0.3 is 11.9 Å². The molecule has 0 aliphatic heterocycles. The Labute approximate surface area is 58.6 Å². The van der Waals surface area contributed by atoms with Gasteiger partial charge in [-0.3, -0.25) is 0 Å². The van der Waals surface area contributed by atoms with Gasteiger partial charge in [0.1, 0.15) is 0 Å². The van der Waals surface area contributed by atoms with E-state index in [9.17, 15) is 0 Å². The molecule has 0 aliphatic carbocycles. The summed E-state index contributed by atoms with van der Waals surface area (Å²) < 4.78 is 0. The summed E-state index contributed by atoms with van der Waals surface area (Å²) >= 11 is 0. The summed E-state index contributed by atoms with van der Waals surface area (Å²) in [4.78, 5) is 0. The minimum absolute atomic E-state index is 0. The summed E-state index contributed by atoms with van der Waals surface area (Å²) in [5.41, 5.74) is 0. The van der Waals surface area contributed by atoms with E-state index < -0.39 is 0 Å². The van der Waals surface area contributed by atoms with E-state index in [1.807, 2.05) is 0 Å². The summed E-state index contributed by atoms with van der Waals surface area (Å²) in [6.07, 6.45) is 4.69. The molecular formula is C5H13OZn-. The second-order valence-electron chi connectivity index (χ2n) is 1.11. The van der Waals surface area contributed by atoms with Gasteiger partial charge in [-0.15, -0.1) is 0 Å². The van der Waals surface area contributed by atoms with Crippen LogP contribution in [0.5, 0.6) is 0 Å². The van der Waals surface area contributed by atoms with Gasteiger partial charge in [-0.2, -0.15) is 12.8 Å². The standard InChI is InChI=1S/C5H11.H2O.Zn/c1-3-5-4-2;;/h5H,3-4H2,1-2H3;1H2;/q-1;;. The van der Waals surface area contributed by atoms with E-state index in [1.165, 1.54) is 12.8 Å². The van der Waals surface area contributed by atoms with Crippen molar-refractivity contribution < 1.29 is 25.0 Å². The van der Waals surface area contributed by atoms with Crippen LogP contribution in [-0.2, 0) is 19.5 Å². The van der Waals surface area contributed by atoms with Crippen LogP contribution in [0.15, 0.2) is 0 Å². The second kappa shape index (κ2) is 16.0. The second-order valence-corrected chi connectivity index (χ2v) is 1.11. The molecule has 0 spiro atoms. The van der Waals surface area contributed by atoms with Crippen LogP contribution >= 0.6 is 0 Å². The zero-order chi connectivity index (χ0) is 4.12. The third-order valence-electron chi connectivity index (χ3n) is 0.577. The van der Waals surface area contributed by atoms with Gasteiger partial charge in [-0.25, -0.2) is 0 Å². The molecule has 0 saturated heterocycles. The molecule has 0 aromatic carbocycles. The molecule has 0 fully saturated rings.